The number of carbonyl (C=O) groups excluding carboxylic acids is 2. The number of rotatable bonds is 5. The molecule has 0 aliphatic carbocycles. The lowest BCUT2D eigenvalue weighted by atomic mass is 10.1. The van der Waals surface area contributed by atoms with E-state index >= 15 is 0 Å². The largest absolute Gasteiger partial charge is 0.455 e. The molecule has 35 heavy (non-hydrogen) atoms. The van der Waals surface area contributed by atoms with Gasteiger partial charge in [0.25, 0.3) is 5.79 Å². The number of ether oxygens (including phenoxy) is 3. The van der Waals surface area contributed by atoms with Crippen LogP contribution < -0.4 is 10.1 Å². The number of benzene rings is 3. The van der Waals surface area contributed by atoms with Gasteiger partial charge in [-0.3, -0.25) is 0 Å². The van der Waals surface area contributed by atoms with Gasteiger partial charge >= 0.3 is 18.1 Å². The molecule has 0 saturated carbocycles. The number of halogens is 3. The minimum atomic E-state index is -4.62. The van der Waals surface area contributed by atoms with E-state index in [0.29, 0.717) is 5.75 Å². The van der Waals surface area contributed by atoms with Gasteiger partial charge in [-0.1, -0.05) is 42.5 Å². The first-order chi connectivity index (χ1) is 16.5. The molecule has 0 aromatic heterocycles. The molecule has 9 heteroatoms. The third kappa shape index (κ3) is 5.63. The summed E-state index contributed by atoms with van der Waals surface area (Å²) < 4.78 is 55.7. The molecular weight excluding hydrogens is 463 g/mol. The Labute approximate surface area is 198 Å². The molecule has 0 bridgehead atoms. The highest BCUT2D eigenvalue weighted by Gasteiger charge is 2.39. The minimum Gasteiger partial charge on any atom is -0.455 e. The van der Waals surface area contributed by atoms with Crippen molar-refractivity contribution in [2.45, 2.75) is 25.8 Å². The summed E-state index contributed by atoms with van der Waals surface area (Å²) in [6.07, 6.45) is -3.69. The number of cyclic esters (lactones) is 2. The molecule has 1 heterocycles. The predicted molar refractivity (Wildman–Crippen MR) is 121 cm³/mol. The summed E-state index contributed by atoms with van der Waals surface area (Å²) in [5, 5.41) is 2.55. The smallest absolute Gasteiger partial charge is 0.416 e. The Balaban J connectivity index is 1.61. The first kappa shape index (κ1) is 23.9. The Morgan fingerprint density at radius 1 is 0.857 bits per heavy atom. The van der Waals surface area contributed by atoms with Crippen LogP contribution in [0, 0.1) is 0 Å². The molecule has 0 unspecified atom stereocenters. The SMILES string of the molecule is CC1(C)OC(=O)C(=CNc2cc(C(F)(F)F)ccc2Oc2ccc(-c3ccccc3)cc2)C(=O)O1. The maximum absolute atomic E-state index is 13.3. The van der Waals surface area contributed by atoms with Gasteiger partial charge in [-0.15, -0.1) is 0 Å². The van der Waals surface area contributed by atoms with Crippen molar-refractivity contribution in [2.75, 3.05) is 5.32 Å². The summed E-state index contributed by atoms with van der Waals surface area (Å²) in [5.74, 6) is -2.96. The Kier molecular flexibility index (Phi) is 6.26. The summed E-state index contributed by atoms with van der Waals surface area (Å²) in [6.45, 7) is 2.77. The lowest BCUT2D eigenvalue weighted by molar-refractivity contribution is -0.222. The number of esters is 2. The zero-order valence-electron chi connectivity index (χ0n) is 18.7. The lowest BCUT2D eigenvalue weighted by Crippen LogP contribution is -2.42. The Morgan fingerprint density at radius 3 is 2.06 bits per heavy atom. The lowest BCUT2D eigenvalue weighted by Gasteiger charge is -2.29. The van der Waals surface area contributed by atoms with Crippen LogP contribution in [0.25, 0.3) is 11.1 Å². The third-order valence-electron chi connectivity index (χ3n) is 4.98. The normalized spacial score (nSPS) is 15.2. The molecule has 3 aromatic carbocycles. The van der Waals surface area contributed by atoms with Crippen molar-refractivity contribution in [3.8, 4) is 22.6 Å². The van der Waals surface area contributed by atoms with Crippen molar-refractivity contribution in [2.24, 2.45) is 0 Å². The van der Waals surface area contributed by atoms with Gasteiger partial charge in [0.2, 0.25) is 0 Å². The summed E-state index contributed by atoms with van der Waals surface area (Å²) in [4.78, 5) is 24.3. The number of alkyl halides is 3. The van der Waals surface area contributed by atoms with E-state index in [0.717, 1.165) is 35.5 Å². The van der Waals surface area contributed by atoms with Crippen LogP contribution in [-0.4, -0.2) is 17.7 Å². The molecule has 3 aromatic rings. The van der Waals surface area contributed by atoms with E-state index in [-0.39, 0.29) is 11.4 Å². The summed E-state index contributed by atoms with van der Waals surface area (Å²) in [5.41, 5.74) is 0.368. The van der Waals surface area contributed by atoms with Crippen LogP contribution in [0.3, 0.4) is 0 Å². The van der Waals surface area contributed by atoms with Crippen molar-refractivity contribution in [3.63, 3.8) is 0 Å². The van der Waals surface area contributed by atoms with E-state index in [1.807, 2.05) is 42.5 Å². The molecule has 180 valence electrons. The fourth-order valence-corrected chi connectivity index (χ4v) is 3.31. The molecule has 1 saturated heterocycles. The molecule has 1 aliphatic heterocycles. The van der Waals surface area contributed by atoms with Crippen LogP contribution in [0.2, 0.25) is 0 Å². The van der Waals surface area contributed by atoms with Gasteiger partial charge in [-0.05, 0) is 41.5 Å². The maximum Gasteiger partial charge on any atom is 0.416 e. The third-order valence-corrected chi connectivity index (χ3v) is 4.98. The molecule has 1 N–H and O–H groups in total. The van der Waals surface area contributed by atoms with Crippen LogP contribution in [0.4, 0.5) is 18.9 Å². The quantitative estimate of drug-likeness (QED) is 0.261. The molecule has 0 spiro atoms. The molecule has 4 rings (SSSR count). The topological polar surface area (TPSA) is 73.9 Å². The van der Waals surface area contributed by atoms with Gasteiger partial charge in [0.1, 0.15) is 5.75 Å². The number of carbonyl (C=O) groups is 2. The molecule has 1 aliphatic rings. The Bertz CT molecular complexity index is 1260. The zero-order chi connectivity index (χ0) is 25.2. The second kappa shape index (κ2) is 9.17. The van der Waals surface area contributed by atoms with E-state index in [1.54, 1.807) is 12.1 Å². The molecule has 1 fully saturated rings. The van der Waals surface area contributed by atoms with Crippen LogP contribution in [0.15, 0.2) is 84.6 Å². The van der Waals surface area contributed by atoms with Gasteiger partial charge in [0, 0.05) is 20.0 Å². The molecule has 6 nitrogen and oxygen atoms in total. The van der Waals surface area contributed by atoms with Crippen LogP contribution in [0.5, 0.6) is 11.5 Å². The van der Waals surface area contributed by atoms with Crippen molar-refractivity contribution in [1.29, 1.82) is 0 Å². The number of anilines is 1. The summed E-state index contributed by atoms with van der Waals surface area (Å²) >= 11 is 0. The first-order valence-corrected chi connectivity index (χ1v) is 10.5. The molecular formula is C26H20F3NO5. The van der Waals surface area contributed by atoms with Crippen LogP contribution in [0.1, 0.15) is 19.4 Å². The molecule has 0 radical (unpaired) electrons. The Morgan fingerprint density at radius 2 is 1.46 bits per heavy atom. The monoisotopic (exact) mass is 483 g/mol. The van der Waals surface area contributed by atoms with Crippen LogP contribution >= 0.6 is 0 Å². The standard InChI is InChI=1S/C26H20F3NO5/c1-25(2)34-23(31)20(24(32)35-25)15-30-21-14-18(26(27,28)29)10-13-22(21)33-19-11-8-17(9-12-19)16-6-4-3-5-7-16/h3-15,30H,1-2H3. The predicted octanol–water partition coefficient (Wildman–Crippen LogP) is 6.30. The van der Waals surface area contributed by atoms with Gasteiger partial charge in [-0.2, -0.15) is 13.2 Å². The van der Waals surface area contributed by atoms with Crippen molar-refractivity contribution in [1.82, 2.24) is 0 Å². The highest BCUT2D eigenvalue weighted by atomic mass is 19.4. The average Bonchev–Trinajstić information content (AvgIpc) is 2.79. The fourth-order valence-electron chi connectivity index (χ4n) is 3.31. The van der Waals surface area contributed by atoms with Gasteiger partial charge < -0.3 is 19.5 Å². The number of hydrogen-bond acceptors (Lipinski definition) is 6. The van der Waals surface area contributed by atoms with E-state index < -0.39 is 35.0 Å². The second-order valence-corrected chi connectivity index (χ2v) is 8.08. The van der Waals surface area contributed by atoms with Gasteiger partial charge in [0.15, 0.2) is 11.3 Å². The number of hydrogen-bond donors (Lipinski definition) is 1. The first-order valence-electron chi connectivity index (χ1n) is 10.5. The van der Waals surface area contributed by atoms with E-state index in [1.165, 1.54) is 13.8 Å². The second-order valence-electron chi connectivity index (χ2n) is 8.08. The maximum atomic E-state index is 13.3. The zero-order valence-corrected chi connectivity index (χ0v) is 18.7. The van der Waals surface area contributed by atoms with Gasteiger partial charge in [0.05, 0.1) is 11.3 Å². The van der Waals surface area contributed by atoms with Gasteiger partial charge in [-0.25, -0.2) is 9.59 Å². The molecule has 0 amide bonds. The van der Waals surface area contributed by atoms with Crippen molar-refractivity contribution in [3.05, 3.63) is 90.1 Å². The summed E-state index contributed by atoms with van der Waals surface area (Å²) in [6, 6.07) is 19.5. The minimum absolute atomic E-state index is 0.0418. The average molecular weight is 483 g/mol. The highest BCUT2D eigenvalue weighted by molar-refractivity contribution is 6.15. The number of nitrogens with one attached hydrogen (secondary N) is 1. The van der Waals surface area contributed by atoms with Crippen molar-refractivity contribution >= 4 is 17.6 Å². The van der Waals surface area contributed by atoms with Crippen LogP contribution in [-0.2, 0) is 25.2 Å². The Hall–Kier alpha value is -4.27. The van der Waals surface area contributed by atoms with Crippen molar-refractivity contribution < 1.29 is 37.0 Å². The highest BCUT2D eigenvalue weighted by Crippen LogP contribution is 2.37. The fraction of sp³-hybridized carbons (Fsp3) is 0.154. The summed E-state index contributed by atoms with van der Waals surface area (Å²) in [7, 11) is 0. The van der Waals surface area contributed by atoms with E-state index in [4.69, 9.17) is 14.2 Å². The molecule has 0 atom stereocenters. The van der Waals surface area contributed by atoms with E-state index in [9.17, 15) is 22.8 Å². The van der Waals surface area contributed by atoms with E-state index in [2.05, 4.69) is 5.32 Å².